The molecule has 0 bridgehead atoms. The number of anilines is 1. The number of likely N-dealkylation sites (tertiary alicyclic amines) is 1. The zero-order chi connectivity index (χ0) is 26.5. The van der Waals surface area contributed by atoms with Crippen LogP contribution >= 0.6 is 0 Å². The second-order valence-electron chi connectivity index (χ2n) is 10.1. The van der Waals surface area contributed by atoms with E-state index >= 15 is 0 Å². The third-order valence-electron chi connectivity index (χ3n) is 7.49. The number of para-hydroxylation sites is 1. The van der Waals surface area contributed by atoms with E-state index in [4.69, 9.17) is 0 Å². The van der Waals surface area contributed by atoms with Gasteiger partial charge in [-0.2, -0.15) is 5.26 Å². The average Bonchev–Trinajstić information content (AvgIpc) is 3.34. The van der Waals surface area contributed by atoms with Gasteiger partial charge in [-0.15, -0.1) is 0 Å². The molecule has 1 N–H and O–H groups in total. The molecule has 2 amide bonds. The van der Waals surface area contributed by atoms with Crippen molar-refractivity contribution < 1.29 is 9.59 Å². The summed E-state index contributed by atoms with van der Waals surface area (Å²) in [5.74, 6) is 0.0117. The Morgan fingerprint density at radius 3 is 2.42 bits per heavy atom. The van der Waals surface area contributed by atoms with Gasteiger partial charge in [-0.3, -0.25) is 14.5 Å². The normalized spacial score (nSPS) is 19.7. The highest BCUT2D eigenvalue weighted by atomic mass is 16.2. The molecule has 0 radical (unpaired) electrons. The molecule has 3 aromatic carbocycles. The molecule has 2 heterocycles. The molecule has 194 valence electrons. The van der Waals surface area contributed by atoms with Crippen molar-refractivity contribution in [2.24, 2.45) is 0 Å². The van der Waals surface area contributed by atoms with Crippen molar-refractivity contribution >= 4 is 17.5 Å². The first-order valence-electron chi connectivity index (χ1n) is 13.2. The fourth-order valence-electron chi connectivity index (χ4n) is 5.54. The maximum atomic E-state index is 13.8. The van der Waals surface area contributed by atoms with Crippen LogP contribution in [-0.2, 0) is 11.3 Å². The SMILES string of the molecule is Cc1cccc(C(=O)NC2CC(C(=O)N3CCN(c4ccccc4C#N)CC3)N(Cc3ccccc3)C2)c1. The van der Waals surface area contributed by atoms with Gasteiger partial charge < -0.3 is 15.1 Å². The van der Waals surface area contributed by atoms with Crippen molar-refractivity contribution in [3.05, 3.63) is 101 Å². The molecule has 2 fully saturated rings. The minimum absolute atomic E-state index is 0.101. The van der Waals surface area contributed by atoms with Crippen LogP contribution in [0, 0.1) is 18.3 Å². The molecular weight excluding hydrogens is 474 g/mol. The molecule has 0 aliphatic carbocycles. The van der Waals surface area contributed by atoms with Gasteiger partial charge in [0.15, 0.2) is 0 Å². The Bertz CT molecular complexity index is 1330. The lowest BCUT2D eigenvalue weighted by Crippen LogP contribution is -2.53. The van der Waals surface area contributed by atoms with Gasteiger partial charge in [-0.05, 0) is 43.2 Å². The molecule has 3 aromatic rings. The maximum Gasteiger partial charge on any atom is 0.251 e. The van der Waals surface area contributed by atoms with Crippen molar-refractivity contribution in [1.29, 1.82) is 5.26 Å². The van der Waals surface area contributed by atoms with Crippen LogP contribution in [0.15, 0.2) is 78.9 Å². The van der Waals surface area contributed by atoms with E-state index < -0.39 is 0 Å². The molecule has 0 saturated carbocycles. The van der Waals surface area contributed by atoms with Gasteiger partial charge in [0.25, 0.3) is 5.91 Å². The highest BCUT2D eigenvalue weighted by Gasteiger charge is 2.40. The van der Waals surface area contributed by atoms with Gasteiger partial charge in [-0.25, -0.2) is 0 Å². The molecule has 0 spiro atoms. The number of aryl methyl sites for hydroxylation is 1. The molecule has 7 heteroatoms. The van der Waals surface area contributed by atoms with Crippen LogP contribution in [-0.4, -0.2) is 66.4 Å². The smallest absolute Gasteiger partial charge is 0.251 e. The lowest BCUT2D eigenvalue weighted by atomic mass is 10.1. The monoisotopic (exact) mass is 507 g/mol. The summed E-state index contributed by atoms with van der Waals surface area (Å²) >= 11 is 0. The largest absolute Gasteiger partial charge is 0.367 e. The fraction of sp³-hybridized carbons (Fsp3) is 0.323. The third-order valence-corrected chi connectivity index (χ3v) is 7.49. The summed E-state index contributed by atoms with van der Waals surface area (Å²) in [6, 6.07) is 27.2. The summed E-state index contributed by atoms with van der Waals surface area (Å²) in [5, 5.41) is 12.7. The summed E-state index contributed by atoms with van der Waals surface area (Å²) in [6.45, 7) is 5.83. The number of rotatable bonds is 6. The Labute approximate surface area is 224 Å². The summed E-state index contributed by atoms with van der Waals surface area (Å²) in [4.78, 5) is 33.1. The molecule has 2 saturated heterocycles. The van der Waals surface area contributed by atoms with Gasteiger partial charge in [-0.1, -0.05) is 60.2 Å². The predicted octanol–water partition coefficient (Wildman–Crippen LogP) is 3.59. The Hall–Kier alpha value is -4.15. The van der Waals surface area contributed by atoms with Crippen molar-refractivity contribution in [2.45, 2.75) is 32.0 Å². The Balaban J connectivity index is 1.27. The van der Waals surface area contributed by atoms with Gasteiger partial charge >= 0.3 is 0 Å². The molecule has 0 aromatic heterocycles. The minimum atomic E-state index is -0.295. The van der Waals surface area contributed by atoms with E-state index in [0.29, 0.717) is 56.8 Å². The zero-order valence-electron chi connectivity index (χ0n) is 21.7. The first-order valence-corrected chi connectivity index (χ1v) is 13.2. The number of hydrogen-bond acceptors (Lipinski definition) is 5. The lowest BCUT2D eigenvalue weighted by molar-refractivity contribution is -0.136. The second-order valence-corrected chi connectivity index (χ2v) is 10.1. The Kier molecular flexibility index (Phi) is 7.71. The van der Waals surface area contributed by atoms with Crippen LogP contribution < -0.4 is 10.2 Å². The number of nitrogens with zero attached hydrogens (tertiary/aromatic N) is 4. The number of carbonyl (C=O) groups is 2. The summed E-state index contributed by atoms with van der Waals surface area (Å²) in [6.07, 6.45) is 0.584. The van der Waals surface area contributed by atoms with Gasteiger partial charge in [0.1, 0.15) is 6.07 Å². The topological polar surface area (TPSA) is 79.7 Å². The van der Waals surface area contributed by atoms with E-state index in [1.165, 1.54) is 0 Å². The number of nitriles is 1. The Morgan fingerprint density at radius 2 is 1.68 bits per heavy atom. The third kappa shape index (κ3) is 5.71. The first-order chi connectivity index (χ1) is 18.5. The van der Waals surface area contributed by atoms with Gasteiger partial charge in [0, 0.05) is 50.9 Å². The first kappa shape index (κ1) is 25.5. The van der Waals surface area contributed by atoms with Crippen molar-refractivity contribution in [3.8, 4) is 6.07 Å². The lowest BCUT2D eigenvalue weighted by Gasteiger charge is -2.38. The molecule has 2 aliphatic rings. The van der Waals surface area contributed by atoms with Crippen LogP contribution in [0.5, 0.6) is 0 Å². The van der Waals surface area contributed by atoms with E-state index in [2.05, 4.69) is 33.3 Å². The van der Waals surface area contributed by atoms with Crippen molar-refractivity contribution in [1.82, 2.24) is 15.1 Å². The number of benzene rings is 3. The number of nitrogens with one attached hydrogen (secondary N) is 1. The van der Waals surface area contributed by atoms with E-state index in [1.807, 2.05) is 78.6 Å². The summed E-state index contributed by atoms with van der Waals surface area (Å²) < 4.78 is 0. The summed E-state index contributed by atoms with van der Waals surface area (Å²) in [5.41, 5.74) is 4.41. The molecule has 38 heavy (non-hydrogen) atoms. The highest BCUT2D eigenvalue weighted by molar-refractivity contribution is 5.94. The molecule has 2 unspecified atom stereocenters. The minimum Gasteiger partial charge on any atom is -0.367 e. The number of piperazine rings is 1. The number of amides is 2. The van der Waals surface area contributed by atoms with E-state index in [0.717, 1.165) is 16.8 Å². The van der Waals surface area contributed by atoms with Crippen LogP contribution in [0.2, 0.25) is 0 Å². The second kappa shape index (κ2) is 11.5. The van der Waals surface area contributed by atoms with Crippen LogP contribution in [0.1, 0.15) is 33.5 Å². The van der Waals surface area contributed by atoms with Gasteiger partial charge in [0.2, 0.25) is 5.91 Å². The molecule has 5 rings (SSSR count). The number of carbonyl (C=O) groups excluding carboxylic acids is 2. The fourth-order valence-corrected chi connectivity index (χ4v) is 5.54. The maximum absolute atomic E-state index is 13.8. The van der Waals surface area contributed by atoms with Crippen LogP contribution in [0.4, 0.5) is 5.69 Å². The van der Waals surface area contributed by atoms with E-state index in [1.54, 1.807) is 0 Å². The number of hydrogen-bond donors (Lipinski definition) is 1. The predicted molar refractivity (Wildman–Crippen MR) is 148 cm³/mol. The molecule has 7 nitrogen and oxygen atoms in total. The van der Waals surface area contributed by atoms with Crippen molar-refractivity contribution in [2.75, 3.05) is 37.6 Å². The van der Waals surface area contributed by atoms with Crippen LogP contribution in [0.3, 0.4) is 0 Å². The zero-order valence-corrected chi connectivity index (χ0v) is 21.7. The average molecular weight is 508 g/mol. The summed E-state index contributed by atoms with van der Waals surface area (Å²) in [7, 11) is 0. The van der Waals surface area contributed by atoms with E-state index in [-0.39, 0.29) is 23.9 Å². The highest BCUT2D eigenvalue weighted by Crippen LogP contribution is 2.25. The Morgan fingerprint density at radius 1 is 0.947 bits per heavy atom. The molecule has 2 atom stereocenters. The molecule has 2 aliphatic heterocycles. The van der Waals surface area contributed by atoms with Crippen molar-refractivity contribution in [3.63, 3.8) is 0 Å². The quantitative estimate of drug-likeness (QED) is 0.552. The van der Waals surface area contributed by atoms with Crippen LogP contribution in [0.25, 0.3) is 0 Å². The standard InChI is InChI=1S/C31H33N5O2/c1-23-8-7-12-25(18-23)30(37)33-27-19-29(36(22-27)21-24-9-3-2-4-10-24)31(38)35-16-14-34(15-17-35)28-13-6-5-11-26(28)20-32/h2-13,18,27,29H,14-17,19,21-22H2,1H3,(H,33,37). The molecular formula is C31H33N5O2. The van der Waals surface area contributed by atoms with E-state index in [9.17, 15) is 14.9 Å². The van der Waals surface area contributed by atoms with Gasteiger partial charge in [0.05, 0.1) is 17.3 Å².